The zero-order valence-electron chi connectivity index (χ0n) is 8.10. The maximum absolute atomic E-state index is 5.71. The van der Waals surface area contributed by atoms with E-state index in [-0.39, 0.29) is 0 Å². The van der Waals surface area contributed by atoms with Crippen molar-refractivity contribution in [2.75, 3.05) is 5.73 Å². The predicted molar refractivity (Wildman–Crippen MR) is 53.4 cm³/mol. The zero-order valence-corrected chi connectivity index (χ0v) is 8.10. The van der Waals surface area contributed by atoms with Crippen LogP contribution >= 0.6 is 0 Å². The van der Waals surface area contributed by atoms with E-state index >= 15 is 0 Å². The summed E-state index contributed by atoms with van der Waals surface area (Å²) in [6, 6.07) is 5.69. The highest BCUT2D eigenvalue weighted by molar-refractivity contribution is 5.61. The number of rotatable bonds is 1. The molecule has 1 aromatic carbocycles. The Kier molecular flexibility index (Phi) is 1.92. The molecule has 0 amide bonds. The molecule has 5 heteroatoms. The highest BCUT2D eigenvalue weighted by Gasteiger charge is 2.04. The number of nitrogens with zero attached hydrogens (tertiary/aromatic N) is 4. The summed E-state index contributed by atoms with van der Waals surface area (Å²) in [4.78, 5) is 1.43. The van der Waals surface area contributed by atoms with E-state index in [1.54, 1.807) is 7.05 Å². The van der Waals surface area contributed by atoms with E-state index in [1.807, 2.05) is 25.1 Å². The number of nitrogen functional groups attached to an aromatic ring is 1. The highest BCUT2D eigenvalue weighted by Crippen LogP contribution is 2.19. The Labute approximate surface area is 81.5 Å². The second-order valence-electron chi connectivity index (χ2n) is 3.17. The van der Waals surface area contributed by atoms with Crippen LogP contribution in [0.3, 0.4) is 0 Å². The van der Waals surface area contributed by atoms with Crippen molar-refractivity contribution in [3.8, 4) is 11.4 Å². The lowest BCUT2D eigenvalue weighted by Crippen LogP contribution is -1.92. The van der Waals surface area contributed by atoms with Crippen LogP contribution in [0.25, 0.3) is 11.4 Å². The molecule has 1 aromatic heterocycles. The summed E-state index contributed by atoms with van der Waals surface area (Å²) in [5, 5.41) is 11.8. The van der Waals surface area contributed by atoms with E-state index in [1.165, 1.54) is 4.80 Å². The van der Waals surface area contributed by atoms with Crippen LogP contribution in [-0.2, 0) is 7.05 Å². The van der Waals surface area contributed by atoms with E-state index in [2.05, 4.69) is 15.4 Å². The molecular formula is C9H11N5. The van der Waals surface area contributed by atoms with Gasteiger partial charge in [0, 0.05) is 11.3 Å². The first kappa shape index (κ1) is 8.68. The number of aryl methyl sites for hydroxylation is 2. The molecule has 0 aliphatic carbocycles. The molecule has 0 atom stereocenters. The fourth-order valence-corrected chi connectivity index (χ4v) is 1.21. The van der Waals surface area contributed by atoms with Crippen LogP contribution in [-0.4, -0.2) is 20.2 Å². The van der Waals surface area contributed by atoms with E-state index < -0.39 is 0 Å². The number of tetrazole rings is 1. The second-order valence-corrected chi connectivity index (χ2v) is 3.17. The number of anilines is 1. The molecule has 5 nitrogen and oxygen atoms in total. The SMILES string of the molecule is Cc1cc(-c2nnn(C)n2)ccc1N. The molecule has 0 saturated carbocycles. The van der Waals surface area contributed by atoms with Crippen molar-refractivity contribution in [2.24, 2.45) is 7.05 Å². The summed E-state index contributed by atoms with van der Waals surface area (Å²) in [6.07, 6.45) is 0. The fourth-order valence-electron chi connectivity index (χ4n) is 1.21. The molecule has 14 heavy (non-hydrogen) atoms. The minimum Gasteiger partial charge on any atom is -0.399 e. The van der Waals surface area contributed by atoms with Gasteiger partial charge in [0.1, 0.15) is 0 Å². The Morgan fingerprint density at radius 1 is 1.36 bits per heavy atom. The normalized spacial score (nSPS) is 10.4. The van der Waals surface area contributed by atoms with Gasteiger partial charge in [0.15, 0.2) is 0 Å². The standard InChI is InChI=1S/C9H11N5/c1-6-5-7(3-4-8(6)10)9-11-13-14(2)12-9/h3-5H,10H2,1-2H3. The van der Waals surface area contributed by atoms with Crippen molar-refractivity contribution in [3.05, 3.63) is 23.8 Å². The average molecular weight is 189 g/mol. The zero-order chi connectivity index (χ0) is 10.1. The Bertz CT molecular complexity index is 460. The van der Waals surface area contributed by atoms with Gasteiger partial charge in [-0.05, 0) is 35.9 Å². The molecule has 0 aliphatic rings. The quantitative estimate of drug-likeness (QED) is 0.672. The third-order valence-corrected chi connectivity index (χ3v) is 2.04. The molecule has 0 radical (unpaired) electrons. The van der Waals surface area contributed by atoms with Crippen LogP contribution in [0, 0.1) is 6.92 Å². The maximum Gasteiger partial charge on any atom is 0.204 e. The van der Waals surface area contributed by atoms with E-state index in [0.29, 0.717) is 5.82 Å². The monoisotopic (exact) mass is 189 g/mol. The van der Waals surface area contributed by atoms with Crippen LogP contribution in [0.2, 0.25) is 0 Å². The molecule has 2 aromatic rings. The molecule has 0 unspecified atom stereocenters. The van der Waals surface area contributed by atoms with Crippen LogP contribution in [0.15, 0.2) is 18.2 Å². The lowest BCUT2D eigenvalue weighted by atomic mass is 10.1. The molecule has 0 bridgehead atoms. The van der Waals surface area contributed by atoms with Crippen molar-refractivity contribution in [3.63, 3.8) is 0 Å². The summed E-state index contributed by atoms with van der Waals surface area (Å²) in [7, 11) is 1.74. The molecule has 0 fully saturated rings. The molecule has 72 valence electrons. The van der Waals surface area contributed by atoms with Crippen molar-refractivity contribution >= 4 is 5.69 Å². The summed E-state index contributed by atoms with van der Waals surface area (Å²) < 4.78 is 0. The smallest absolute Gasteiger partial charge is 0.204 e. The van der Waals surface area contributed by atoms with Gasteiger partial charge in [0.25, 0.3) is 0 Å². The number of aromatic nitrogens is 4. The third kappa shape index (κ3) is 1.44. The van der Waals surface area contributed by atoms with E-state index in [9.17, 15) is 0 Å². The topological polar surface area (TPSA) is 69.6 Å². The molecule has 0 spiro atoms. The van der Waals surface area contributed by atoms with Crippen molar-refractivity contribution in [1.29, 1.82) is 0 Å². The second kappa shape index (κ2) is 3.10. The summed E-state index contributed by atoms with van der Waals surface area (Å²) in [5.74, 6) is 0.621. The van der Waals surface area contributed by atoms with Gasteiger partial charge in [-0.15, -0.1) is 10.2 Å². The predicted octanol–water partition coefficient (Wildman–Crippen LogP) is 0.768. The summed E-state index contributed by atoms with van der Waals surface area (Å²) in [6.45, 7) is 1.95. The molecule has 0 saturated heterocycles. The fraction of sp³-hybridized carbons (Fsp3) is 0.222. The lowest BCUT2D eigenvalue weighted by molar-refractivity contribution is 0.630. The number of hydrogen-bond acceptors (Lipinski definition) is 4. The lowest BCUT2D eigenvalue weighted by Gasteiger charge is -2.00. The van der Waals surface area contributed by atoms with Crippen molar-refractivity contribution in [2.45, 2.75) is 6.92 Å². The van der Waals surface area contributed by atoms with Gasteiger partial charge in [-0.1, -0.05) is 0 Å². The molecule has 1 heterocycles. The minimum absolute atomic E-state index is 0.621. The van der Waals surface area contributed by atoms with Gasteiger partial charge in [0.2, 0.25) is 5.82 Å². The number of hydrogen-bond donors (Lipinski definition) is 1. The van der Waals surface area contributed by atoms with Gasteiger partial charge in [-0.2, -0.15) is 4.80 Å². The summed E-state index contributed by atoms with van der Waals surface area (Å²) in [5.41, 5.74) is 8.44. The van der Waals surface area contributed by atoms with Gasteiger partial charge < -0.3 is 5.73 Å². The van der Waals surface area contributed by atoms with Crippen molar-refractivity contribution < 1.29 is 0 Å². The molecule has 2 N–H and O–H groups in total. The van der Waals surface area contributed by atoms with E-state index in [4.69, 9.17) is 5.73 Å². The average Bonchev–Trinajstić information content (AvgIpc) is 2.57. The Hall–Kier alpha value is -1.91. The maximum atomic E-state index is 5.71. The van der Waals surface area contributed by atoms with Gasteiger partial charge in [0.05, 0.1) is 7.05 Å². The van der Waals surface area contributed by atoms with E-state index in [0.717, 1.165) is 16.8 Å². The van der Waals surface area contributed by atoms with Crippen molar-refractivity contribution in [1.82, 2.24) is 20.2 Å². The van der Waals surface area contributed by atoms with Gasteiger partial charge in [-0.25, -0.2) is 0 Å². The summed E-state index contributed by atoms with van der Waals surface area (Å²) >= 11 is 0. The Morgan fingerprint density at radius 3 is 2.71 bits per heavy atom. The molecular weight excluding hydrogens is 178 g/mol. The third-order valence-electron chi connectivity index (χ3n) is 2.04. The van der Waals surface area contributed by atoms with Gasteiger partial charge in [-0.3, -0.25) is 0 Å². The number of benzene rings is 1. The van der Waals surface area contributed by atoms with Crippen LogP contribution in [0.4, 0.5) is 5.69 Å². The van der Waals surface area contributed by atoms with Crippen LogP contribution < -0.4 is 5.73 Å². The first-order chi connectivity index (χ1) is 6.66. The van der Waals surface area contributed by atoms with Crippen LogP contribution in [0.1, 0.15) is 5.56 Å². The number of nitrogens with two attached hydrogens (primary N) is 1. The Balaban J connectivity index is 2.47. The largest absolute Gasteiger partial charge is 0.399 e. The minimum atomic E-state index is 0.621. The van der Waals surface area contributed by atoms with Crippen LogP contribution in [0.5, 0.6) is 0 Å². The molecule has 0 aliphatic heterocycles. The van der Waals surface area contributed by atoms with Gasteiger partial charge >= 0.3 is 0 Å². The molecule has 2 rings (SSSR count). The first-order valence-corrected chi connectivity index (χ1v) is 4.27. The highest BCUT2D eigenvalue weighted by atomic mass is 15.6. The Morgan fingerprint density at radius 2 is 2.14 bits per heavy atom. The first-order valence-electron chi connectivity index (χ1n) is 4.27.